The molecule has 142 valence electrons. The van der Waals surface area contributed by atoms with E-state index in [1.807, 2.05) is 0 Å². The molecule has 0 saturated carbocycles. The van der Waals surface area contributed by atoms with Crippen LogP contribution in [0.2, 0.25) is 0 Å². The highest BCUT2D eigenvalue weighted by molar-refractivity contribution is 6.03. The molecule has 3 aromatic rings. The second-order valence-electron chi connectivity index (χ2n) is 5.88. The van der Waals surface area contributed by atoms with Gasteiger partial charge in [0, 0.05) is 11.3 Å². The lowest BCUT2D eigenvalue weighted by molar-refractivity contribution is 0.0953. The summed E-state index contributed by atoms with van der Waals surface area (Å²) in [6.07, 6.45) is 1.44. The molecule has 1 heterocycles. The first kappa shape index (κ1) is 18.9. The number of carbonyl (C=O) groups is 2. The molecule has 28 heavy (non-hydrogen) atoms. The smallest absolute Gasteiger partial charge is 0.291 e. The average Bonchev–Trinajstić information content (AvgIpc) is 3.27. The van der Waals surface area contributed by atoms with E-state index in [0.717, 1.165) is 5.56 Å². The van der Waals surface area contributed by atoms with Gasteiger partial charge in [0.25, 0.3) is 11.8 Å². The van der Waals surface area contributed by atoms with Crippen LogP contribution in [0.5, 0.6) is 5.75 Å². The topological polar surface area (TPSA) is 92.9 Å². The number of furan rings is 1. The Bertz CT molecular complexity index is 976. The monoisotopic (exact) mass is 377 g/mol. The van der Waals surface area contributed by atoms with Crippen molar-refractivity contribution in [2.75, 3.05) is 12.4 Å². The number of rotatable bonds is 6. The zero-order valence-electron chi connectivity index (χ0n) is 15.4. The van der Waals surface area contributed by atoms with Crippen LogP contribution < -0.4 is 15.5 Å². The number of amides is 2. The number of carbonyl (C=O) groups excluding carboxylic acids is 2. The molecule has 7 nitrogen and oxygen atoms in total. The van der Waals surface area contributed by atoms with Gasteiger partial charge in [0.1, 0.15) is 5.75 Å². The van der Waals surface area contributed by atoms with Gasteiger partial charge in [-0.2, -0.15) is 5.10 Å². The summed E-state index contributed by atoms with van der Waals surface area (Å²) in [7, 11) is 1.57. The van der Waals surface area contributed by atoms with E-state index in [2.05, 4.69) is 15.8 Å². The molecule has 2 N–H and O–H groups in total. The minimum absolute atomic E-state index is 0.239. The third kappa shape index (κ3) is 4.64. The minimum atomic E-state index is -0.324. The van der Waals surface area contributed by atoms with E-state index in [9.17, 15) is 9.59 Å². The molecule has 2 aromatic carbocycles. The molecule has 0 bridgehead atoms. The van der Waals surface area contributed by atoms with Crippen molar-refractivity contribution in [3.8, 4) is 5.75 Å². The van der Waals surface area contributed by atoms with Gasteiger partial charge in [-0.3, -0.25) is 9.59 Å². The van der Waals surface area contributed by atoms with Crippen molar-refractivity contribution < 1.29 is 18.7 Å². The standard InChI is InChI=1S/C21H19N3O4/c1-14(23-24-20(25)16-7-11-18(27-2)12-8-16)15-5-9-17(10-6-15)22-21(26)19-4-3-13-28-19/h3-13H,1-2H3,(H,22,26)(H,24,25)/b23-14+. The normalized spacial score (nSPS) is 11.0. The predicted molar refractivity (Wildman–Crippen MR) is 106 cm³/mol. The van der Waals surface area contributed by atoms with Gasteiger partial charge >= 0.3 is 0 Å². The van der Waals surface area contributed by atoms with Gasteiger partial charge in [-0.1, -0.05) is 12.1 Å². The van der Waals surface area contributed by atoms with E-state index in [0.29, 0.717) is 22.7 Å². The van der Waals surface area contributed by atoms with Gasteiger partial charge in [-0.25, -0.2) is 5.43 Å². The third-order valence-electron chi connectivity index (χ3n) is 3.98. The number of hydrogen-bond acceptors (Lipinski definition) is 5. The first-order chi connectivity index (χ1) is 13.6. The molecule has 0 spiro atoms. The highest BCUT2D eigenvalue weighted by Crippen LogP contribution is 2.13. The van der Waals surface area contributed by atoms with Crippen LogP contribution in [0, 0.1) is 0 Å². The Kier molecular flexibility index (Phi) is 5.86. The lowest BCUT2D eigenvalue weighted by atomic mass is 10.1. The van der Waals surface area contributed by atoms with E-state index in [1.54, 1.807) is 74.7 Å². The molecule has 0 unspecified atom stereocenters. The molecule has 2 amide bonds. The van der Waals surface area contributed by atoms with Crippen LogP contribution in [-0.4, -0.2) is 24.6 Å². The lowest BCUT2D eigenvalue weighted by Gasteiger charge is -2.06. The van der Waals surface area contributed by atoms with E-state index < -0.39 is 0 Å². The van der Waals surface area contributed by atoms with E-state index in [1.165, 1.54) is 6.26 Å². The molecule has 0 radical (unpaired) electrons. The lowest BCUT2D eigenvalue weighted by Crippen LogP contribution is -2.19. The van der Waals surface area contributed by atoms with Crippen LogP contribution in [-0.2, 0) is 0 Å². The molecular weight excluding hydrogens is 358 g/mol. The van der Waals surface area contributed by atoms with Gasteiger partial charge in [-0.15, -0.1) is 0 Å². The number of hydrazone groups is 1. The quantitative estimate of drug-likeness (QED) is 0.506. The van der Waals surface area contributed by atoms with Crippen molar-refractivity contribution in [1.82, 2.24) is 5.43 Å². The molecule has 7 heteroatoms. The van der Waals surface area contributed by atoms with E-state index >= 15 is 0 Å². The van der Waals surface area contributed by atoms with Gasteiger partial charge in [0.2, 0.25) is 0 Å². The first-order valence-corrected chi connectivity index (χ1v) is 8.51. The van der Waals surface area contributed by atoms with Gasteiger partial charge in [0.05, 0.1) is 19.1 Å². The Balaban J connectivity index is 1.60. The van der Waals surface area contributed by atoms with Gasteiger partial charge in [0.15, 0.2) is 5.76 Å². The Labute approximate surface area is 162 Å². The van der Waals surface area contributed by atoms with Crippen LogP contribution in [0.3, 0.4) is 0 Å². The largest absolute Gasteiger partial charge is 0.497 e. The molecule has 0 fully saturated rings. The van der Waals surface area contributed by atoms with Crippen molar-refractivity contribution >= 4 is 23.2 Å². The molecule has 0 aliphatic heterocycles. The maximum atomic E-state index is 12.2. The summed E-state index contributed by atoms with van der Waals surface area (Å²) in [5, 5.41) is 6.87. The van der Waals surface area contributed by atoms with Crippen LogP contribution in [0.1, 0.15) is 33.4 Å². The maximum absolute atomic E-state index is 12.2. The second kappa shape index (κ2) is 8.68. The summed E-state index contributed by atoms with van der Waals surface area (Å²) in [4.78, 5) is 24.1. The van der Waals surface area contributed by atoms with Crippen LogP contribution in [0.4, 0.5) is 5.69 Å². The highest BCUT2D eigenvalue weighted by Gasteiger charge is 2.09. The molecule has 3 rings (SSSR count). The van der Waals surface area contributed by atoms with Crippen LogP contribution in [0.15, 0.2) is 76.4 Å². The van der Waals surface area contributed by atoms with Crippen molar-refractivity contribution in [2.24, 2.45) is 5.10 Å². The fourth-order valence-corrected chi connectivity index (χ4v) is 2.40. The zero-order valence-corrected chi connectivity index (χ0v) is 15.4. The van der Waals surface area contributed by atoms with Gasteiger partial charge < -0.3 is 14.5 Å². The van der Waals surface area contributed by atoms with Crippen LogP contribution >= 0.6 is 0 Å². The molecule has 0 aliphatic carbocycles. The van der Waals surface area contributed by atoms with Gasteiger partial charge in [-0.05, 0) is 61.0 Å². The molecule has 0 aliphatic rings. The Morgan fingerprint density at radius 3 is 2.21 bits per heavy atom. The van der Waals surface area contributed by atoms with Crippen molar-refractivity contribution in [3.63, 3.8) is 0 Å². The Morgan fingerprint density at radius 1 is 0.929 bits per heavy atom. The zero-order chi connectivity index (χ0) is 19.9. The number of methoxy groups -OCH3 is 1. The average molecular weight is 377 g/mol. The van der Waals surface area contributed by atoms with E-state index in [-0.39, 0.29) is 17.6 Å². The Morgan fingerprint density at radius 2 is 1.61 bits per heavy atom. The summed E-state index contributed by atoms with van der Waals surface area (Å²) >= 11 is 0. The van der Waals surface area contributed by atoms with Crippen molar-refractivity contribution in [3.05, 3.63) is 83.8 Å². The number of ether oxygens (including phenoxy) is 1. The number of benzene rings is 2. The molecule has 0 atom stereocenters. The maximum Gasteiger partial charge on any atom is 0.291 e. The number of nitrogens with zero attached hydrogens (tertiary/aromatic N) is 1. The fourth-order valence-electron chi connectivity index (χ4n) is 2.40. The van der Waals surface area contributed by atoms with Crippen molar-refractivity contribution in [2.45, 2.75) is 6.92 Å². The number of hydrogen-bond donors (Lipinski definition) is 2. The summed E-state index contributed by atoms with van der Waals surface area (Å²) in [6, 6.07) is 17.1. The number of nitrogens with one attached hydrogen (secondary N) is 2. The second-order valence-corrected chi connectivity index (χ2v) is 5.88. The fraction of sp³-hybridized carbons (Fsp3) is 0.0952. The van der Waals surface area contributed by atoms with Crippen LogP contribution in [0.25, 0.3) is 0 Å². The predicted octanol–water partition coefficient (Wildman–Crippen LogP) is 3.69. The number of anilines is 1. The van der Waals surface area contributed by atoms with E-state index in [4.69, 9.17) is 9.15 Å². The molecular formula is C21H19N3O4. The third-order valence-corrected chi connectivity index (χ3v) is 3.98. The molecule has 1 aromatic heterocycles. The molecule has 0 saturated heterocycles. The summed E-state index contributed by atoms with van der Waals surface area (Å²) in [5.41, 5.74) is 5.07. The van der Waals surface area contributed by atoms with Crippen molar-refractivity contribution in [1.29, 1.82) is 0 Å². The first-order valence-electron chi connectivity index (χ1n) is 8.51. The minimum Gasteiger partial charge on any atom is -0.497 e. The highest BCUT2D eigenvalue weighted by atomic mass is 16.5. The summed E-state index contributed by atoms with van der Waals surface area (Å²) < 4.78 is 10.1. The summed E-state index contributed by atoms with van der Waals surface area (Å²) in [5.74, 6) is 0.276. The SMILES string of the molecule is COc1ccc(C(=O)N/N=C(\C)c2ccc(NC(=O)c3ccco3)cc2)cc1. The summed E-state index contributed by atoms with van der Waals surface area (Å²) in [6.45, 7) is 1.78. The Hall–Kier alpha value is -3.87.